The second-order valence-electron chi connectivity index (χ2n) is 3.73. The number of carboxylic acid groups (broad SMARTS) is 1. The summed E-state index contributed by atoms with van der Waals surface area (Å²) < 4.78 is 10.2. The van der Waals surface area contributed by atoms with Crippen LogP contribution in [-0.4, -0.2) is 29.6 Å². The third kappa shape index (κ3) is 2.30. The lowest BCUT2D eigenvalue weighted by Gasteiger charge is -2.05. The minimum Gasteiger partial charge on any atom is -0.475 e. The molecule has 5 nitrogen and oxygen atoms in total. The van der Waals surface area contributed by atoms with Crippen LogP contribution in [0, 0.1) is 0 Å². The second-order valence-corrected chi connectivity index (χ2v) is 3.73. The van der Waals surface area contributed by atoms with Crippen LogP contribution in [0.25, 0.3) is 0 Å². The molecule has 1 atom stereocenters. The first-order chi connectivity index (χ1) is 7.66. The Kier molecular flexibility index (Phi) is 3.05. The molecule has 1 unspecified atom stereocenters. The van der Waals surface area contributed by atoms with Gasteiger partial charge < -0.3 is 14.3 Å². The third-order valence-corrected chi connectivity index (χ3v) is 2.53. The van der Waals surface area contributed by atoms with Gasteiger partial charge in [-0.1, -0.05) is 0 Å². The van der Waals surface area contributed by atoms with Crippen molar-refractivity contribution in [2.45, 2.75) is 25.4 Å². The van der Waals surface area contributed by atoms with Crippen molar-refractivity contribution in [2.75, 3.05) is 6.61 Å². The maximum absolute atomic E-state index is 11.7. The Hall–Kier alpha value is -1.62. The van der Waals surface area contributed by atoms with E-state index in [2.05, 4.69) is 0 Å². The molecular weight excluding hydrogens is 212 g/mol. The first-order valence-corrected chi connectivity index (χ1v) is 5.15. The number of hydrogen-bond donors (Lipinski definition) is 1. The average molecular weight is 224 g/mol. The highest BCUT2D eigenvalue weighted by atomic mass is 16.5. The van der Waals surface area contributed by atoms with E-state index in [-0.39, 0.29) is 29.8 Å². The van der Waals surface area contributed by atoms with Crippen LogP contribution in [0.5, 0.6) is 0 Å². The number of carbonyl (C=O) groups excluding carboxylic acids is 1. The lowest BCUT2D eigenvalue weighted by molar-refractivity contribution is 0.0656. The van der Waals surface area contributed by atoms with Gasteiger partial charge in [0.1, 0.15) is 0 Å². The molecule has 2 rings (SSSR count). The van der Waals surface area contributed by atoms with Crippen molar-refractivity contribution in [3.8, 4) is 0 Å². The summed E-state index contributed by atoms with van der Waals surface area (Å²) in [4.78, 5) is 22.2. The minimum atomic E-state index is -1.17. The minimum absolute atomic E-state index is 0.0501. The lowest BCUT2D eigenvalue weighted by atomic mass is 10.1. The third-order valence-electron chi connectivity index (χ3n) is 2.53. The Labute approximate surface area is 92.0 Å². The van der Waals surface area contributed by atoms with Gasteiger partial charge in [0, 0.05) is 13.0 Å². The lowest BCUT2D eigenvalue weighted by Crippen LogP contribution is -2.12. The Balaban J connectivity index is 1.99. The summed E-state index contributed by atoms with van der Waals surface area (Å²) in [6, 6.07) is 2.67. The predicted molar refractivity (Wildman–Crippen MR) is 53.6 cm³/mol. The molecule has 1 aromatic rings. The smallest absolute Gasteiger partial charge is 0.371 e. The normalized spacial score (nSPS) is 19.9. The number of ether oxygens (including phenoxy) is 1. The van der Waals surface area contributed by atoms with Gasteiger partial charge in [0.05, 0.1) is 6.10 Å². The molecule has 5 heteroatoms. The summed E-state index contributed by atoms with van der Waals surface area (Å²) in [5.74, 6) is -1.50. The zero-order chi connectivity index (χ0) is 11.5. The molecule has 1 saturated heterocycles. The van der Waals surface area contributed by atoms with Crippen molar-refractivity contribution in [1.29, 1.82) is 0 Å². The maximum Gasteiger partial charge on any atom is 0.371 e. The van der Waals surface area contributed by atoms with Crippen LogP contribution in [0.15, 0.2) is 16.5 Å². The highest BCUT2D eigenvalue weighted by Gasteiger charge is 2.22. The molecule has 1 aliphatic rings. The summed E-state index contributed by atoms with van der Waals surface area (Å²) in [5.41, 5.74) is 0. The van der Waals surface area contributed by atoms with Gasteiger partial charge in [-0.3, -0.25) is 4.79 Å². The molecule has 1 aliphatic heterocycles. The van der Waals surface area contributed by atoms with Crippen LogP contribution in [-0.2, 0) is 4.74 Å². The average Bonchev–Trinajstić information content (AvgIpc) is 2.86. The van der Waals surface area contributed by atoms with Crippen molar-refractivity contribution in [3.05, 3.63) is 23.7 Å². The van der Waals surface area contributed by atoms with Gasteiger partial charge in [-0.2, -0.15) is 0 Å². The van der Waals surface area contributed by atoms with Gasteiger partial charge in [0.25, 0.3) is 0 Å². The molecule has 0 saturated carbocycles. The first-order valence-electron chi connectivity index (χ1n) is 5.15. The van der Waals surface area contributed by atoms with Gasteiger partial charge in [0.2, 0.25) is 11.5 Å². The molecule has 0 radical (unpaired) electrons. The Morgan fingerprint density at radius 2 is 2.12 bits per heavy atom. The first kappa shape index (κ1) is 10.9. The Bertz CT molecular complexity index is 400. The zero-order valence-electron chi connectivity index (χ0n) is 8.64. The van der Waals surface area contributed by atoms with E-state index in [9.17, 15) is 9.59 Å². The van der Waals surface area contributed by atoms with E-state index in [1.165, 1.54) is 12.1 Å². The highest BCUT2D eigenvalue weighted by Crippen LogP contribution is 2.19. The number of rotatable bonds is 4. The van der Waals surface area contributed by atoms with E-state index < -0.39 is 5.97 Å². The zero-order valence-corrected chi connectivity index (χ0v) is 8.64. The number of hydrogen-bond acceptors (Lipinski definition) is 4. The summed E-state index contributed by atoms with van der Waals surface area (Å²) in [5, 5.41) is 8.63. The number of carbonyl (C=O) groups is 2. The second kappa shape index (κ2) is 4.49. The van der Waals surface area contributed by atoms with Crippen molar-refractivity contribution < 1.29 is 23.8 Å². The van der Waals surface area contributed by atoms with E-state index in [1.54, 1.807) is 0 Å². The van der Waals surface area contributed by atoms with Crippen LogP contribution in [0.4, 0.5) is 0 Å². The topological polar surface area (TPSA) is 76.7 Å². The van der Waals surface area contributed by atoms with Crippen LogP contribution >= 0.6 is 0 Å². The fourth-order valence-electron chi connectivity index (χ4n) is 1.72. The molecule has 0 aromatic carbocycles. The predicted octanol–water partition coefficient (Wildman–Crippen LogP) is 1.73. The van der Waals surface area contributed by atoms with Crippen LogP contribution in [0.2, 0.25) is 0 Å². The summed E-state index contributed by atoms with van der Waals surface area (Å²) in [6.45, 7) is 0.691. The van der Waals surface area contributed by atoms with Crippen LogP contribution in [0.1, 0.15) is 40.4 Å². The molecule has 1 aromatic heterocycles. The number of aromatic carboxylic acids is 1. The van der Waals surface area contributed by atoms with Gasteiger partial charge in [0.15, 0.2) is 5.76 Å². The molecule has 0 aliphatic carbocycles. The summed E-state index contributed by atoms with van der Waals surface area (Å²) >= 11 is 0. The number of carboxylic acids is 1. The molecular formula is C11H12O5. The SMILES string of the molecule is O=C(O)c1ccc(C(=O)CC2CCCO2)o1. The van der Waals surface area contributed by atoms with Gasteiger partial charge in [-0.05, 0) is 25.0 Å². The van der Waals surface area contributed by atoms with Crippen LogP contribution < -0.4 is 0 Å². The Morgan fingerprint density at radius 1 is 1.38 bits per heavy atom. The summed E-state index contributed by atoms with van der Waals surface area (Å²) in [6.07, 6.45) is 2.05. The largest absolute Gasteiger partial charge is 0.475 e. The number of Topliss-reactive ketones (excluding diaryl/α,β-unsaturated/α-hetero) is 1. The fourth-order valence-corrected chi connectivity index (χ4v) is 1.72. The van der Waals surface area contributed by atoms with E-state index in [0.717, 1.165) is 12.8 Å². The van der Waals surface area contributed by atoms with Crippen molar-refractivity contribution in [2.24, 2.45) is 0 Å². The molecule has 0 amide bonds. The molecule has 1 N–H and O–H groups in total. The fraction of sp³-hybridized carbons (Fsp3) is 0.455. The maximum atomic E-state index is 11.7. The van der Waals surface area contributed by atoms with Crippen molar-refractivity contribution in [1.82, 2.24) is 0 Å². The number of furan rings is 1. The van der Waals surface area contributed by atoms with Gasteiger partial charge >= 0.3 is 5.97 Å². The van der Waals surface area contributed by atoms with Gasteiger partial charge in [-0.25, -0.2) is 4.79 Å². The molecule has 16 heavy (non-hydrogen) atoms. The van der Waals surface area contributed by atoms with E-state index in [1.807, 2.05) is 0 Å². The standard InChI is InChI=1S/C11H12O5/c12-8(6-7-2-1-5-15-7)9-3-4-10(16-9)11(13)14/h3-4,7H,1-2,5-6H2,(H,13,14). The molecule has 1 fully saturated rings. The van der Waals surface area contributed by atoms with Crippen molar-refractivity contribution in [3.63, 3.8) is 0 Å². The van der Waals surface area contributed by atoms with Crippen molar-refractivity contribution >= 4 is 11.8 Å². The Morgan fingerprint density at radius 3 is 2.69 bits per heavy atom. The van der Waals surface area contributed by atoms with E-state index in [4.69, 9.17) is 14.3 Å². The molecule has 0 bridgehead atoms. The molecule has 2 heterocycles. The quantitative estimate of drug-likeness (QED) is 0.788. The molecule has 86 valence electrons. The number of ketones is 1. The molecule has 0 spiro atoms. The van der Waals surface area contributed by atoms with Gasteiger partial charge in [-0.15, -0.1) is 0 Å². The van der Waals surface area contributed by atoms with E-state index >= 15 is 0 Å². The van der Waals surface area contributed by atoms with Crippen LogP contribution in [0.3, 0.4) is 0 Å². The monoisotopic (exact) mass is 224 g/mol. The highest BCUT2D eigenvalue weighted by molar-refractivity contribution is 5.95. The van der Waals surface area contributed by atoms with E-state index in [0.29, 0.717) is 6.61 Å². The summed E-state index contributed by atoms with van der Waals surface area (Å²) in [7, 11) is 0.